The van der Waals surface area contributed by atoms with Gasteiger partial charge in [0.25, 0.3) is 0 Å². The van der Waals surface area contributed by atoms with E-state index in [0.717, 1.165) is 57.1 Å². The smallest absolute Gasteiger partial charge is 0.138 e. The normalized spacial score (nSPS) is 29.0. The zero-order valence-electron chi connectivity index (χ0n) is 14.9. The summed E-state index contributed by atoms with van der Waals surface area (Å²) < 4.78 is 17.5. The molecular weight excluding hydrogens is 292 g/mol. The van der Waals surface area contributed by atoms with Gasteiger partial charge >= 0.3 is 0 Å². The summed E-state index contributed by atoms with van der Waals surface area (Å²) >= 11 is 0. The summed E-state index contributed by atoms with van der Waals surface area (Å²) in [5.41, 5.74) is 2.39. The molecule has 0 spiro atoms. The molecule has 0 aliphatic carbocycles. The Morgan fingerprint density at radius 2 is 2.22 bits per heavy atom. The van der Waals surface area contributed by atoms with E-state index in [0.29, 0.717) is 6.10 Å². The molecule has 2 saturated heterocycles. The highest BCUT2D eigenvalue weighted by atomic mass is 16.5. The third-order valence-corrected chi connectivity index (χ3v) is 5.33. The number of aromatic nitrogens is 1. The lowest BCUT2D eigenvalue weighted by atomic mass is 9.73. The minimum Gasteiger partial charge on any atom is -0.378 e. The van der Waals surface area contributed by atoms with E-state index < -0.39 is 0 Å². The Labute approximate surface area is 139 Å². The summed E-state index contributed by atoms with van der Waals surface area (Å²) in [4.78, 5) is 2.53. The van der Waals surface area contributed by atoms with Crippen LogP contribution in [0.1, 0.15) is 50.1 Å². The SMILES string of the molecule is Cc1noc(C)c1CN1CC[C@@H]2OCCC[C@@]2(COC(C)C)C1. The lowest BCUT2D eigenvalue weighted by Gasteiger charge is -2.50. The predicted molar refractivity (Wildman–Crippen MR) is 88.4 cm³/mol. The topological polar surface area (TPSA) is 47.7 Å². The number of nitrogens with zero attached hydrogens (tertiary/aromatic N) is 2. The van der Waals surface area contributed by atoms with Gasteiger partial charge in [-0.2, -0.15) is 0 Å². The molecule has 0 aromatic carbocycles. The van der Waals surface area contributed by atoms with Crippen molar-refractivity contribution < 1.29 is 14.0 Å². The van der Waals surface area contributed by atoms with E-state index in [4.69, 9.17) is 14.0 Å². The molecule has 2 aliphatic rings. The van der Waals surface area contributed by atoms with Crippen LogP contribution in [0.4, 0.5) is 0 Å². The van der Waals surface area contributed by atoms with Gasteiger partial charge in [0, 0.05) is 37.2 Å². The lowest BCUT2D eigenvalue weighted by molar-refractivity contribution is -0.159. The first-order valence-corrected chi connectivity index (χ1v) is 8.87. The third kappa shape index (κ3) is 3.62. The molecule has 5 nitrogen and oxygen atoms in total. The number of likely N-dealkylation sites (tertiary alicyclic amines) is 1. The van der Waals surface area contributed by atoms with Crippen LogP contribution in [-0.4, -0.2) is 48.6 Å². The summed E-state index contributed by atoms with van der Waals surface area (Å²) in [6.07, 6.45) is 4.03. The summed E-state index contributed by atoms with van der Waals surface area (Å²) in [6.45, 7) is 13.0. The van der Waals surface area contributed by atoms with Crippen LogP contribution in [-0.2, 0) is 16.0 Å². The maximum Gasteiger partial charge on any atom is 0.138 e. The molecule has 1 aromatic heterocycles. The molecule has 130 valence electrons. The highest BCUT2D eigenvalue weighted by Gasteiger charge is 2.46. The van der Waals surface area contributed by atoms with Crippen LogP contribution in [0.25, 0.3) is 0 Å². The van der Waals surface area contributed by atoms with E-state index in [1.165, 1.54) is 12.0 Å². The molecule has 23 heavy (non-hydrogen) atoms. The van der Waals surface area contributed by atoms with E-state index in [9.17, 15) is 0 Å². The highest BCUT2D eigenvalue weighted by molar-refractivity contribution is 5.20. The molecule has 0 unspecified atom stereocenters. The first kappa shape index (κ1) is 16.9. The minimum absolute atomic E-state index is 0.139. The number of rotatable bonds is 5. The van der Waals surface area contributed by atoms with Gasteiger partial charge in [-0.15, -0.1) is 0 Å². The highest BCUT2D eigenvalue weighted by Crippen LogP contribution is 2.41. The van der Waals surface area contributed by atoms with Crippen molar-refractivity contribution in [3.05, 3.63) is 17.0 Å². The van der Waals surface area contributed by atoms with Crippen molar-refractivity contribution >= 4 is 0 Å². The van der Waals surface area contributed by atoms with Gasteiger partial charge in [0.15, 0.2) is 0 Å². The molecule has 0 N–H and O–H groups in total. The molecule has 5 heteroatoms. The van der Waals surface area contributed by atoms with E-state index in [1.807, 2.05) is 13.8 Å². The fourth-order valence-corrected chi connectivity index (χ4v) is 4.01. The van der Waals surface area contributed by atoms with Crippen LogP contribution in [0.2, 0.25) is 0 Å². The minimum atomic E-state index is 0.139. The second-order valence-corrected chi connectivity index (χ2v) is 7.49. The maximum atomic E-state index is 6.11. The molecular formula is C18H30N2O3. The van der Waals surface area contributed by atoms with Crippen molar-refractivity contribution in [1.82, 2.24) is 10.1 Å². The number of aryl methyl sites for hydroxylation is 2. The van der Waals surface area contributed by atoms with Crippen molar-refractivity contribution in [2.45, 2.75) is 65.7 Å². The predicted octanol–water partition coefficient (Wildman–Crippen LogP) is 3.09. The number of ether oxygens (including phenoxy) is 2. The van der Waals surface area contributed by atoms with E-state index in [-0.39, 0.29) is 11.5 Å². The third-order valence-electron chi connectivity index (χ3n) is 5.33. The number of hydrogen-bond donors (Lipinski definition) is 0. The summed E-state index contributed by atoms with van der Waals surface area (Å²) in [6, 6.07) is 0. The molecule has 0 saturated carbocycles. The monoisotopic (exact) mass is 322 g/mol. The summed E-state index contributed by atoms with van der Waals surface area (Å²) in [5, 5.41) is 4.09. The largest absolute Gasteiger partial charge is 0.378 e. The molecule has 2 atom stereocenters. The first-order valence-electron chi connectivity index (χ1n) is 8.87. The van der Waals surface area contributed by atoms with Crippen molar-refractivity contribution in [1.29, 1.82) is 0 Å². The van der Waals surface area contributed by atoms with Crippen LogP contribution in [0.5, 0.6) is 0 Å². The van der Waals surface area contributed by atoms with Gasteiger partial charge in [0.05, 0.1) is 24.5 Å². The molecule has 3 rings (SSSR count). The standard InChI is InChI=1S/C18H30N2O3/c1-13(2)22-12-18-7-5-9-21-17(18)6-8-20(11-18)10-16-14(3)19-23-15(16)4/h13,17H,5-12H2,1-4H3/t17-,18-/m0/s1. The van der Waals surface area contributed by atoms with Crippen molar-refractivity contribution in [3.8, 4) is 0 Å². The molecule has 0 bridgehead atoms. The molecule has 0 amide bonds. The quantitative estimate of drug-likeness (QED) is 0.834. The molecule has 2 aliphatic heterocycles. The zero-order chi connectivity index (χ0) is 16.4. The van der Waals surface area contributed by atoms with Crippen LogP contribution in [0.3, 0.4) is 0 Å². The zero-order valence-corrected chi connectivity index (χ0v) is 14.9. The average molecular weight is 322 g/mol. The number of piperidine rings is 1. The first-order chi connectivity index (χ1) is 11.0. The molecule has 3 heterocycles. The number of hydrogen-bond acceptors (Lipinski definition) is 5. The lowest BCUT2D eigenvalue weighted by Crippen LogP contribution is -2.56. The van der Waals surface area contributed by atoms with Crippen molar-refractivity contribution in [2.75, 3.05) is 26.3 Å². The van der Waals surface area contributed by atoms with Crippen molar-refractivity contribution in [3.63, 3.8) is 0 Å². The van der Waals surface area contributed by atoms with Gasteiger partial charge in [0.1, 0.15) is 5.76 Å². The van der Waals surface area contributed by atoms with Crippen LogP contribution >= 0.6 is 0 Å². The van der Waals surface area contributed by atoms with Crippen LogP contribution in [0.15, 0.2) is 4.52 Å². The summed E-state index contributed by atoms with van der Waals surface area (Å²) in [7, 11) is 0. The Morgan fingerprint density at radius 1 is 1.39 bits per heavy atom. The second-order valence-electron chi connectivity index (χ2n) is 7.49. The second kappa shape index (κ2) is 6.91. The number of fused-ring (bicyclic) bond motifs is 1. The van der Waals surface area contributed by atoms with Gasteiger partial charge in [-0.3, -0.25) is 4.90 Å². The van der Waals surface area contributed by atoms with E-state index >= 15 is 0 Å². The molecule has 2 fully saturated rings. The average Bonchev–Trinajstić information content (AvgIpc) is 2.85. The van der Waals surface area contributed by atoms with Gasteiger partial charge in [-0.25, -0.2) is 0 Å². The van der Waals surface area contributed by atoms with E-state index in [2.05, 4.69) is 23.9 Å². The Bertz CT molecular complexity index is 509. The Balaban J connectivity index is 1.72. The van der Waals surface area contributed by atoms with Crippen molar-refractivity contribution in [2.24, 2.45) is 5.41 Å². The Hall–Kier alpha value is -0.910. The van der Waals surface area contributed by atoms with Crippen LogP contribution < -0.4 is 0 Å². The van der Waals surface area contributed by atoms with Gasteiger partial charge < -0.3 is 14.0 Å². The summed E-state index contributed by atoms with van der Waals surface area (Å²) in [5.74, 6) is 0.942. The Kier molecular flexibility index (Phi) is 5.09. The molecule has 1 aromatic rings. The van der Waals surface area contributed by atoms with Crippen LogP contribution in [0, 0.1) is 19.3 Å². The fraction of sp³-hybridized carbons (Fsp3) is 0.833. The molecule has 0 radical (unpaired) electrons. The fourth-order valence-electron chi connectivity index (χ4n) is 4.01. The van der Waals surface area contributed by atoms with Gasteiger partial charge in [-0.1, -0.05) is 5.16 Å². The van der Waals surface area contributed by atoms with Gasteiger partial charge in [0.2, 0.25) is 0 Å². The van der Waals surface area contributed by atoms with Gasteiger partial charge in [-0.05, 0) is 47.0 Å². The Morgan fingerprint density at radius 3 is 2.91 bits per heavy atom. The van der Waals surface area contributed by atoms with E-state index in [1.54, 1.807) is 0 Å². The maximum absolute atomic E-state index is 6.11.